The van der Waals surface area contributed by atoms with Crippen LogP contribution in [0, 0.1) is 5.82 Å². The van der Waals surface area contributed by atoms with Gasteiger partial charge in [-0.3, -0.25) is 0 Å². The normalized spacial score (nSPS) is 12.3. The van der Waals surface area contributed by atoms with Gasteiger partial charge in [-0.1, -0.05) is 11.6 Å². The number of esters is 1. The van der Waals surface area contributed by atoms with Crippen LogP contribution in [0.2, 0.25) is 5.02 Å². The minimum Gasteiger partial charge on any atom is -0.489 e. The Bertz CT molecular complexity index is 506. The minimum atomic E-state index is -4.00. The van der Waals surface area contributed by atoms with Crippen molar-refractivity contribution in [3.8, 4) is 5.75 Å². The van der Waals surface area contributed by atoms with E-state index in [1.165, 1.54) is 6.92 Å². The van der Waals surface area contributed by atoms with Crippen LogP contribution in [0.5, 0.6) is 5.75 Å². The van der Waals surface area contributed by atoms with Crippen molar-refractivity contribution >= 4 is 30.0 Å². The molecule has 0 bridgehead atoms. The average molecular weight is 362 g/mol. The van der Waals surface area contributed by atoms with Gasteiger partial charge in [-0.05, 0) is 31.5 Å². The Morgan fingerprint density at radius 3 is 2.41 bits per heavy atom. The number of hydrogen-bond acceptors (Lipinski definition) is 4. The van der Waals surface area contributed by atoms with Crippen molar-refractivity contribution in [2.75, 3.05) is 13.2 Å². The van der Waals surface area contributed by atoms with E-state index in [1.54, 1.807) is 6.92 Å². The summed E-state index contributed by atoms with van der Waals surface area (Å²) >= 11 is 5.77. The second kappa shape index (κ2) is 8.45. The first kappa shape index (κ1) is 20.8. The molecule has 22 heavy (non-hydrogen) atoms. The summed E-state index contributed by atoms with van der Waals surface area (Å²) in [6, 6.07) is -0.290. The molecule has 0 heterocycles. The molecule has 0 radical (unpaired) electrons. The van der Waals surface area contributed by atoms with Gasteiger partial charge in [0.2, 0.25) is 0 Å². The predicted molar refractivity (Wildman–Crippen MR) is 78.3 cm³/mol. The maximum absolute atomic E-state index is 13.8. The summed E-state index contributed by atoms with van der Waals surface area (Å²) in [7, 11) is 0. The van der Waals surface area contributed by atoms with E-state index in [9.17, 15) is 18.0 Å². The Morgan fingerprint density at radius 2 is 1.95 bits per heavy atom. The summed E-state index contributed by atoms with van der Waals surface area (Å²) in [6.45, 7) is 2.93. The highest BCUT2D eigenvalue weighted by atomic mass is 35.5. The zero-order chi connectivity index (χ0) is 16.2. The Kier molecular flexibility index (Phi) is 8.00. The lowest BCUT2D eigenvalue weighted by molar-refractivity contribution is -0.174. The molecule has 0 aliphatic rings. The lowest BCUT2D eigenvalue weighted by atomic mass is 10.0. The third-order valence-electron chi connectivity index (χ3n) is 2.61. The third-order valence-corrected chi connectivity index (χ3v) is 2.89. The molecule has 2 N–H and O–H groups in total. The molecule has 126 valence electrons. The molecule has 0 aliphatic carbocycles. The van der Waals surface area contributed by atoms with Gasteiger partial charge in [0.15, 0.2) is 11.6 Å². The lowest BCUT2D eigenvalue weighted by Crippen LogP contribution is -2.41. The van der Waals surface area contributed by atoms with Crippen molar-refractivity contribution in [1.29, 1.82) is 0 Å². The lowest BCUT2D eigenvalue weighted by Gasteiger charge is -2.22. The number of halogens is 5. The molecule has 1 atom stereocenters. The average Bonchev–Trinajstić information content (AvgIpc) is 2.42. The molecule has 0 saturated carbocycles. The fraction of sp³-hybridized carbons (Fsp3) is 0.462. The van der Waals surface area contributed by atoms with Gasteiger partial charge >= 0.3 is 11.9 Å². The van der Waals surface area contributed by atoms with Crippen LogP contribution in [0.15, 0.2) is 12.1 Å². The highest BCUT2D eigenvalue weighted by Crippen LogP contribution is 2.36. The zero-order valence-corrected chi connectivity index (χ0v) is 13.4. The fourth-order valence-corrected chi connectivity index (χ4v) is 1.88. The van der Waals surface area contributed by atoms with E-state index in [1.807, 2.05) is 0 Å². The van der Waals surface area contributed by atoms with Crippen LogP contribution >= 0.6 is 24.0 Å². The number of alkyl halides is 2. The van der Waals surface area contributed by atoms with Gasteiger partial charge < -0.3 is 15.2 Å². The van der Waals surface area contributed by atoms with Gasteiger partial charge in [-0.25, -0.2) is 9.18 Å². The first-order valence-electron chi connectivity index (χ1n) is 6.18. The molecule has 0 fully saturated rings. The number of nitrogens with two attached hydrogens (primary N) is 1. The summed E-state index contributed by atoms with van der Waals surface area (Å²) < 4.78 is 50.6. The summed E-state index contributed by atoms with van der Waals surface area (Å²) in [5, 5.41) is -0.207. The fourth-order valence-electron chi connectivity index (χ4n) is 1.60. The highest BCUT2D eigenvalue weighted by Gasteiger charge is 2.48. The van der Waals surface area contributed by atoms with Gasteiger partial charge in [0.25, 0.3) is 0 Å². The number of ether oxygens (including phenoxy) is 2. The van der Waals surface area contributed by atoms with Gasteiger partial charge in [-0.2, -0.15) is 8.78 Å². The van der Waals surface area contributed by atoms with Crippen molar-refractivity contribution in [2.45, 2.75) is 25.8 Å². The molecule has 0 aromatic heterocycles. The molecule has 0 amide bonds. The van der Waals surface area contributed by atoms with Crippen LogP contribution < -0.4 is 10.5 Å². The molecule has 4 nitrogen and oxygen atoms in total. The first-order valence-corrected chi connectivity index (χ1v) is 6.55. The smallest absolute Gasteiger partial charge is 0.379 e. The molecule has 0 unspecified atom stereocenters. The quantitative estimate of drug-likeness (QED) is 0.787. The largest absolute Gasteiger partial charge is 0.489 e. The molecule has 0 saturated heterocycles. The standard InChI is InChI=1S/C13H15ClF3NO3.ClH/c1-3-20-10-8(14)5-7(6-9(10)15)11(18)13(16,17)12(19)21-4-2;/h5-6,11H,3-4,18H2,1-2H3;1H/t11-;/m0./s1. The van der Waals surface area contributed by atoms with Gasteiger partial charge in [0, 0.05) is 0 Å². The number of rotatable bonds is 6. The topological polar surface area (TPSA) is 61.5 Å². The second-order valence-electron chi connectivity index (χ2n) is 4.07. The maximum atomic E-state index is 13.8. The van der Waals surface area contributed by atoms with Crippen LogP contribution in [-0.2, 0) is 9.53 Å². The van der Waals surface area contributed by atoms with Crippen molar-refractivity contribution < 1.29 is 27.4 Å². The summed E-state index contributed by atoms with van der Waals surface area (Å²) in [5.41, 5.74) is 5.01. The number of carbonyl (C=O) groups excluding carboxylic acids is 1. The Hall–Kier alpha value is -1.18. The zero-order valence-electron chi connectivity index (χ0n) is 11.9. The van der Waals surface area contributed by atoms with E-state index < -0.39 is 23.8 Å². The van der Waals surface area contributed by atoms with E-state index >= 15 is 0 Å². The summed E-state index contributed by atoms with van der Waals surface area (Å²) in [6.07, 6.45) is 0. The SMILES string of the molecule is CCOC(=O)C(F)(F)[C@@H](N)c1cc(F)c(OCC)c(Cl)c1.Cl. The van der Waals surface area contributed by atoms with Crippen LogP contribution in [-0.4, -0.2) is 25.1 Å². The van der Waals surface area contributed by atoms with Crippen LogP contribution in [0.1, 0.15) is 25.5 Å². The maximum Gasteiger partial charge on any atom is 0.379 e. The van der Waals surface area contributed by atoms with Crippen LogP contribution in [0.25, 0.3) is 0 Å². The van der Waals surface area contributed by atoms with Crippen molar-refractivity contribution in [1.82, 2.24) is 0 Å². The molecular weight excluding hydrogens is 346 g/mol. The molecule has 9 heteroatoms. The highest BCUT2D eigenvalue weighted by molar-refractivity contribution is 6.32. The van der Waals surface area contributed by atoms with E-state index in [4.69, 9.17) is 22.1 Å². The van der Waals surface area contributed by atoms with Gasteiger partial charge in [0.1, 0.15) is 6.04 Å². The molecule has 1 aromatic rings. The molecular formula is C13H16Cl2F3NO3. The molecule has 1 rings (SSSR count). The number of benzene rings is 1. The number of hydrogen-bond donors (Lipinski definition) is 1. The van der Waals surface area contributed by atoms with Gasteiger partial charge in [0.05, 0.1) is 18.2 Å². The monoisotopic (exact) mass is 361 g/mol. The summed E-state index contributed by atoms with van der Waals surface area (Å²) in [5.74, 6) is -6.97. The molecule has 0 aliphatic heterocycles. The second-order valence-corrected chi connectivity index (χ2v) is 4.47. The van der Waals surface area contributed by atoms with E-state index in [0.29, 0.717) is 0 Å². The third kappa shape index (κ3) is 4.41. The van der Waals surface area contributed by atoms with E-state index in [2.05, 4.69) is 4.74 Å². The first-order chi connectivity index (χ1) is 9.75. The summed E-state index contributed by atoms with van der Waals surface area (Å²) in [4.78, 5) is 11.2. The van der Waals surface area contributed by atoms with Crippen molar-refractivity contribution in [3.05, 3.63) is 28.5 Å². The Morgan fingerprint density at radius 1 is 1.36 bits per heavy atom. The number of carbonyl (C=O) groups is 1. The minimum absolute atomic E-state index is 0. The van der Waals surface area contributed by atoms with E-state index in [0.717, 1.165) is 12.1 Å². The molecule has 1 aromatic carbocycles. The van der Waals surface area contributed by atoms with Gasteiger partial charge in [-0.15, -0.1) is 12.4 Å². The van der Waals surface area contributed by atoms with Crippen molar-refractivity contribution in [3.63, 3.8) is 0 Å². The van der Waals surface area contributed by atoms with Crippen molar-refractivity contribution in [2.24, 2.45) is 5.73 Å². The molecule has 0 spiro atoms. The van der Waals surface area contributed by atoms with Crippen LogP contribution in [0.3, 0.4) is 0 Å². The Balaban J connectivity index is 0.00000441. The van der Waals surface area contributed by atoms with E-state index in [-0.39, 0.29) is 42.0 Å². The predicted octanol–water partition coefficient (Wildman–Crippen LogP) is 3.50. The Labute approximate surface area is 137 Å². The van der Waals surface area contributed by atoms with Crippen LogP contribution in [0.4, 0.5) is 13.2 Å².